The number of anilines is 1. The molecule has 0 amide bonds. The van der Waals surface area contributed by atoms with Crippen LogP contribution in [-0.2, 0) is 6.54 Å². The molecule has 1 aliphatic rings. The maximum absolute atomic E-state index is 13.2. The Kier molecular flexibility index (Phi) is 4.97. The van der Waals surface area contributed by atoms with Gasteiger partial charge in [0.15, 0.2) is 4.96 Å². The van der Waals surface area contributed by atoms with E-state index in [1.165, 1.54) is 12.3 Å². The summed E-state index contributed by atoms with van der Waals surface area (Å²) in [4.78, 5) is 29.7. The van der Waals surface area contributed by atoms with Crippen LogP contribution in [0.4, 0.5) is 10.2 Å². The largest absolute Gasteiger partial charge is 0.351 e. The minimum atomic E-state index is -0.370. The minimum absolute atomic E-state index is 0.0541. The van der Waals surface area contributed by atoms with Gasteiger partial charge in [0.2, 0.25) is 0 Å². The molecule has 0 radical (unpaired) electrons. The van der Waals surface area contributed by atoms with Crippen molar-refractivity contribution in [3.8, 4) is 0 Å². The molecule has 1 saturated carbocycles. The minimum Gasteiger partial charge on any atom is -0.351 e. The third-order valence-corrected chi connectivity index (χ3v) is 6.06. The van der Waals surface area contributed by atoms with Gasteiger partial charge in [-0.1, -0.05) is 0 Å². The Labute approximate surface area is 166 Å². The van der Waals surface area contributed by atoms with Crippen molar-refractivity contribution in [1.82, 2.24) is 14.4 Å². The molecule has 0 aliphatic heterocycles. The van der Waals surface area contributed by atoms with Gasteiger partial charge in [0, 0.05) is 48.3 Å². The van der Waals surface area contributed by atoms with Crippen LogP contribution >= 0.6 is 11.3 Å². The Balaban J connectivity index is 1.66. The first kappa shape index (κ1) is 18.7. The predicted molar refractivity (Wildman–Crippen MR) is 110 cm³/mol. The molecule has 3 aromatic heterocycles. The summed E-state index contributed by atoms with van der Waals surface area (Å²) in [6, 6.07) is 4.62. The fourth-order valence-electron chi connectivity index (χ4n) is 3.64. The molecule has 2 atom stereocenters. The van der Waals surface area contributed by atoms with Crippen LogP contribution in [0.15, 0.2) is 34.2 Å². The van der Waals surface area contributed by atoms with Crippen LogP contribution in [0.2, 0.25) is 0 Å². The molecule has 2 unspecified atom stereocenters. The van der Waals surface area contributed by atoms with Crippen LogP contribution < -0.4 is 10.5 Å². The molecule has 3 aromatic rings. The van der Waals surface area contributed by atoms with Crippen LogP contribution in [0, 0.1) is 18.7 Å². The van der Waals surface area contributed by atoms with Gasteiger partial charge in [0.05, 0.1) is 18.4 Å². The van der Waals surface area contributed by atoms with E-state index in [-0.39, 0.29) is 11.4 Å². The lowest BCUT2D eigenvalue weighted by Crippen LogP contribution is -2.25. The summed E-state index contributed by atoms with van der Waals surface area (Å²) in [7, 11) is 1.78. The van der Waals surface area contributed by atoms with Crippen LogP contribution in [0.25, 0.3) is 4.96 Å². The van der Waals surface area contributed by atoms with E-state index in [9.17, 15) is 9.18 Å². The lowest BCUT2D eigenvalue weighted by Gasteiger charge is -2.21. The van der Waals surface area contributed by atoms with Gasteiger partial charge in [0.1, 0.15) is 11.6 Å². The van der Waals surface area contributed by atoms with Gasteiger partial charge < -0.3 is 9.89 Å². The molecule has 1 aliphatic carbocycles. The van der Waals surface area contributed by atoms with E-state index >= 15 is 0 Å². The van der Waals surface area contributed by atoms with Crippen molar-refractivity contribution in [3.63, 3.8) is 0 Å². The predicted octanol–water partition coefficient (Wildman–Crippen LogP) is 3.43. The van der Waals surface area contributed by atoms with Gasteiger partial charge in [-0.15, -0.1) is 11.3 Å². The van der Waals surface area contributed by atoms with Crippen molar-refractivity contribution in [2.75, 3.05) is 18.5 Å². The van der Waals surface area contributed by atoms with E-state index in [0.717, 1.165) is 22.0 Å². The molecule has 6 nitrogen and oxygen atoms in total. The van der Waals surface area contributed by atoms with Crippen molar-refractivity contribution < 1.29 is 4.39 Å². The van der Waals surface area contributed by atoms with E-state index < -0.39 is 0 Å². The van der Waals surface area contributed by atoms with Gasteiger partial charge in [-0.2, -0.15) is 0 Å². The monoisotopic (exact) mass is 399 g/mol. The van der Waals surface area contributed by atoms with Crippen LogP contribution in [0.1, 0.15) is 35.5 Å². The Morgan fingerprint density at radius 3 is 2.96 bits per heavy atom. The zero-order chi connectivity index (χ0) is 19.8. The van der Waals surface area contributed by atoms with E-state index in [1.54, 1.807) is 34.9 Å². The lowest BCUT2D eigenvalue weighted by atomic mass is 10.2. The Hall–Kier alpha value is -2.61. The highest BCUT2D eigenvalue weighted by Crippen LogP contribution is 2.48. The molecular formula is C20H22FN5OS. The van der Waals surface area contributed by atoms with Crippen LogP contribution in [0.5, 0.6) is 0 Å². The van der Waals surface area contributed by atoms with E-state index in [1.807, 2.05) is 25.0 Å². The number of nitrogens with zero attached hydrogens (tertiary/aromatic N) is 5. The number of thiazole rings is 1. The highest BCUT2D eigenvalue weighted by atomic mass is 32.1. The Morgan fingerprint density at radius 1 is 1.46 bits per heavy atom. The summed E-state index contributed by atoms with van der Waals surface area (Å²) >= 11 is 1.55. The molecule has 0 spiro atoms. The van der Waals surface area contributed by atoms with Gasteiger partial charge in [-0.05, 0) is 32.4 Å². The quantitative estimate of drug-likeness (QED) is 0.596. The van der Waals surface area contributed by atoms with Gasteiger partial charge in [-0.25, -0.2) is 14.4 Å². The average molecular weight is 399 g/mol. The second-order valence-electron chi connectivity index (χ2n) is 7.01. The van der Waals surface area contributed by atoms with Crippen molar-refractivity contribution in [3.05, 3.63) is 56.8 Å². The molecule has 0 aromatic carbocycles. The Bertz CT molecular complexity index is 1090. The molecule has 0 bridgehead atoms. The van der Waals surface area contributed by atoms with Crippen molar-refractivity contribution in [2.24, 2.45) is 10.9 Å². The van der Waals surface area contributed by atoms with Gasteiger partial charge in [-0.3, -0.25) is 9.20 Å². The molecule has 0 N–H and O–H groups in total. The fourth-order valence-corrected chi connectivity index (χ4v) is 4.71. The van der Waals surface area contributed by atoms with E-state index in [4.69, 9.17) is 4.98 Å². The van der Waals surface area contributed by atoms with E-state index in [2.05, 4.69) is 9.98 Å². The zero-order valence-corrected chi connectivity index (χ0v) is 16.9. The number of rotatable bonds is 6. The number of aliphatic imine (C=N–C) groups is 1. The maximum atomic E-state index is 13.2. The van der Waals surface area contributed by atoms with Gasteiger partial charge >= 0.3 is 0 Å². The third-order valence-electron chi connectivity index (χ3n) is 5.09. The lowest BCUT2D eigenvalue weighted by molar-refractivity contribution is 0.620. The zero-order valence-electron chi connectivity index (χ0n) is 16.1. The first-order chi connectivity index (χ1) is 13.5. The fraction of sp³-hybridized carbons (Fsp3) is 0.400. The molecule has 8 heteroatoms. The summed E-state index contributed by atoms with van der Waals surface area (Å²) in [6.07, 6.45) is 4.19. The summed E-state index contributed by atoms with van der Waals surface area (Å²) < 4.78 is 14.9. The van der Waals surface area contributed by atoms with Crippen molar-refractivity contribution >= 4 is 28.3 Å². The summed E-state index contributed by atoms with van der Waals surface area (Å²) in [5, 5.41) is 0. The summed E-state index contributed by atoms with van der Waals surface area (Å²) in [5.41, 5.74) is 1.70. The third kappa shape index (κ3) is 3.44. The van der Waals surface area contributed by atoms with E-state index in [0.29, 0.717) is 36.4 Å². The smallest absolute Gasteiger partial charge is 0.259 e. The number of halogens is 1. The number of aryl methyl sites for hydroxylation is 1. The molecule has 1 fully saturated rings. The Morgan fingerprint density at radius 2 is 2.29 bits per heavy atom. The second kappa shape index (κ2) is 7.43. The SMILES string of the molecule is CCN(Cc1cc(=O)n2c(C3CC3C=NC)c(C)sc2n1)c1ccc(F)cn1. The molecule has 0 saturated heterocycles. The first-order valence-corrected chi connectivity index (χ1v) is 10.1. The molecule has 146 valence electrons. The number of hydrogen-bond donors (Lipinski definition) is 0. The number of pyridine rings is 1. The molecular weight excluding hydrogens is 377 g/mol. The topological polar surface area (TPSA) is 62.9 Å². The summed E-state index contributed by atoms with van der Waals surface area (Å²) in [5.74, 6) is 1.05. The van der Waals surface area contributed by atoms with Crippen LogP contribution in [0.3, 0.4) is 0 Å². The first-order valence-electron chi connectivity index (χ1n) is 9.32. The summed E-state index contributed by atoms with van der Waals surface area (Å²) in [6.45, 7) is 5.16. The van der Waals surface area contributed by atoms with Crippen molar-refractivity contribution in [2.45, 2.75) is 32.7 Å². The molecule has 3 heterocycles. The van der Waals surface area contributed by atoms with Crippen molar-refractivity contribution in [1.29, 1.82) is 0 Å². The normalized spacial score (nSPS) is 18.9. The second-order valence-corrected chi connectivity index (χ2v) is 8.19. The number of hydrogen-bond acceptors (Lipinski definition) is 6. The molecule has 28 heavy (non-hydrogen) atoms. The standard InChI is InChI=1S/C20H22FN5OS/c1-4-25(17-6-5-14(21)10-23-17)11-15-8-18(27)26-19(12(2)28-20(26)24-15)16-7-13(16)9-22-3/h5-6,8-10,13,16H,4,7,11H2,1-3H3. The highest BCUT2D eigenvalue weighted by molar-refractivity contribution is 7.17. The highest BCUT2D eigenvalue weighted by Gasteiger charge is 2.40. The number of fused-ring (bicyclic) bond motifs is 1. The number of aromatic nitrogens is 3. The molecule has 4 rings (SSSR count). The average Bonchev–Trinajstić information content (AvgIpc) is 3.33. The van der Waals surface area contributed by atoms with Crippen LogP contribution in [-0.4, -0.2) is 34.2 Å². The maximum Gasteiger partial charge on any atom is 0.259 e. The van der Waals surface area contributed by atoms with Gasteiger partial charge in [0.25, 0.3) is 5.56 Å².